The number of hydrogen-bond acceptors (Lipinski definition) is 7. The van der Waals surface area contributed by atoms with Gasteiger partial charge in [-0.25, -0.2) is 0 Å². The standard InChI is InChI=1S/C27H18O2.C10H20O5.Na/c28-22-15-13-17-7-1-3-9-19(17)25(22)27-21-11-5-6-12-23(21)29-24-16-14-18-8-2-4-10-20(18)26(24)27;1-2-12-5-6-14-9-10-15-8-7-13-4-3-11-1;/h1-16,27-28H;1-10H2;/q;;+1/p-1/t27-;;/m1../s1. The molecular formula is C37H37NaO7. The van der Waals surface area contributed by atoms with Crippen molar-refractivity contribution >= 4 is 21.5 Å². The average molecular weight is 617 g/mol. The molecule has 1 saturated heterocycles. The minimum Gasteiger partial charge on any atom is -0.872 e. The van der Waals surface area contributed by atoms with E-state index in [1.54, 1.807) is 6.07 Å². The van der Waals surface area contributed by atoms with Crippen molar-refractivity contribution in [3.8, 4) is 17.2 Å². The molecule has 7 nitrogen and oxygen atoms in total. The van der Waals surface area contributed by atoms with Crippen LogP contribution in [-0.4, -0.2) is 66.1 Å². The van der Waals surface area contributed by atoms with Crippen LogP contribution in [-0.2, 0) is 23.7 Å². The van der Waals surface area contributed by atoms with Gasteiger partial charge in [-0.1, -0.05) is 84.9 Å². The maximum absolute atomic E-state index is 13.2. The predicted molar refractivity (Wildman–Crippen MR) is 169 cm³/mol. The molecule has 1 fully saturated rings. The first-order valence-corrected chi connectivity index (χ1v) is 15.2. The van der Waals surface area contributed by atoms with Crippen LogP contribution in [0.5, 0.6) is 17.2 Å². The van der Waals surface area contributed by atoms with Crippen LogP contribution in [0, 0.1) is 0 Å². The molecule has 2 aliphatic rings. The van der Waals surface area contributed by atoms with Crippen LogP contribution in [0.2, 0.25) is 0 Å². The SMILES string of the molecule is C1COCCOCCOCCOCCO1.[Na+].[O-]c1ccc2ccccc2c1[C@H]1c2ccccc2Oc2ccc3ccccc3c21. The summed E-state index contributed by atoms with van der Waals surface area (Å²) in [7, 11) is 0. The first kappa shape index (κ1) is 33.4. The minimum atomic E-state index is -0.181. The molecule has 0 saturated carbocycles. The van der Waals surface area contributed by atoms with Gasteiger partial charge < -0.3 is 33.5 Å². The molecule has 8 heteroatoms. The van der Waals surface area contributed by atoms with Gasteiger partial charge in [-0.05, 0) is 39.2 Å². The molecule has 0 aliphatic carbocycles. The zero-order valence-electron chi connectivity index (χ0n) is 25.7. The van der Waals surface area contributed by atoms with Crippen LogP contribution in [0.15, 0.2) is 97.1 Å². The Bertz CT molecular complexity index is 1570. The van der Waals surface area contributed by atoms with E-state index in [1.807, 2.05) is 54.6 Å². The van der Waals surface area contributed by atoms with Crippen LogP contribution in [0.25, 0.3) is 21.5 Å². The van der Waals surface area contributed by atoms with Crippen molar-refractivity contribution in [3.05, 3.63) is 114 Å². The van der Waals surface area contributed by atoms with Crippen molar-refractivity contribution in [1.29, 1.82) is 0 Å². The Morgan fingerprint density at radius 1 is 0.444 bits per heavy atom. The topological polar surface area (TPSA) is 78.4 Å². The molecule has 0 amide bonds. The Hall–Kier alpha value is -2.98. The summed E-state index contributed by atoms with van der Waals surface area (Å²) >= 11 is 0. The molecule has 45 heavy (non-hydrogen) atoms. The van der Waals surface area contributed by atoms with E-state index in [0.717, 1.165) is 49.7 Å². The van der Waals surface area contributed by atoms with Gasteiger partial charge in [0, 0.05) is 17.0 Å². The third-order valence-electron chi connectivity index (χ3n) is 7.75. The fourth-order valence-electron chi connectivity index (χ4n) is 5.72. The first-order chi connectivity index (χ1) is 21.8. The molecule has 228 valence electrons. The van der Waals surface area contributed by atoms with E-state index in [4.69, 9.17) is 28.4 Å². The maximum Gasteiger partial charge on any atom is 1.00 e. The summed E-state index contributed by atoms with van der Waals surface area (Å²) in [6.07, 6.45) is 0. The van der Waals surface area contributed by atoms with E-state index in [1.165, 1.54) is 0 Å². The van der Waals surface area contributed by atoms with Crippen LogP contribution in [0.3, 0.4) is 0 Å². The van der Waals surface area contributed by atoms with E-state index in [9.17, 15) is 5.11 Å². The third kappa shape index (κ3) is 8.25. The van der Waals surface area contributed by atoms with Crippen molar-refractivity contribution in [1.82, 2.24) is 0 Å². The molecule has 1 atom stereocenters. The van der Waals surface area contributed by atoms with E-state index in [0.29, 0.717) is 66.1 Å². The van der Waals surface area contributed by atoms with Crippen LogP contribution in [0.4, 0.5) is 0 Å². The number of benzene rings is 5. The fourth-order valence-corrected chi connectivity index (χ4v) is 5.72. The zero-order chi connectivity index (χ0) is 30.0. The number of ether oxygens (including phenoxy) is 6. The largest absolute Gasteiger partial charge is 1.00 e. The molecule has 0 aromatic heterocycles. The quantitative estimate of drug-likeness (QED) is 0.262. The van der Waals surface area contributed by atoms with Crippen molar-refractivity contribution in [2.24, 2.45) is 0 Å². The van der Waals surface area contributed by atoms with Gasteiger partial charge >= 0.3 is 29.6 Å². The smallest absolute Gasteiger partial charge is 0.872 e. The van der Waals surface area contributed by atoms with Crippen LogP contribution < -0.4 is 39.4 Å². The van der Waals surface area contributed by atoms with Gasteiger partial charge in [0.25, 0.3) is 0 Å². The molecule has 5 aromatic carbocycles. The van der Waals surface area contributed by atoms with Gasteiger partial charge in [-0.15, -0.1) is 5.75 Å². The van der Waals surface area contributed by atoms with Crippen LogP contribution in [0.1, 0.15) is 22.6 Å². The second-order valence-corrected chi connectivity index (χ2v) is 10.5. The van der Waals surface area contributed by atoms with Gasteiger partial charge in [-0.3, -0.25) is 0 Å². The molecule has 0 radical (unpaired) electrons. The van der Waals surface area contributed by atoms with Gasteiger partial charge in [0.1, 0.15) is 11.5 Å². The number of hydrogen-bond donors (Lipinski definition) is 0. The fraction of sp³-hybridized carbons (Fsp3) is 0.297. The van der Waals surface area contributed by atoms with Gasteiger partial charge in [-0.2, -0.15) is 0 Å². The zero-order valence-corrected chi connectivity index (χ0v) is 27.7. The van der Waals surface area contributed by atoms with Crippen molar-refractivity contribution in [3.63, 3.8) is 0 Å². The monoisotopic (exact) mass is 616 g/mol. The molecule has 0 spiro atoms. The van der Waals surface area contributed by atoms with E-state index in [-0.39, 0.29) is 41.2 Å². The third-order valence-corrected chi connectivity index (χ3v) is 7.75. The Morgan fingerprint density at radius 2 is 0.889 bits per heavy atom. The molecule has 0 N–H and O–H groups in total. The Labute approximate surface area is 286 Å². The number of para-hydroxylation sites is 1. The summed E-state index contributed by atoms with van der Waals surface area (Å²) in [6, 6.07) is 32.2. The van der Waals surface area contributed by atoms with E-state index < -0.39 is 0 Å². The predicted octanol–water partition coefficient (Wildman–Crippen LogP) is 3.44. The van der Waals surface area contributed by atoms with Crippen LogP contribution >= 0.6 is 0 Å². The van der Waals surface area contributed by atoms with E-state index >= 15 is 0 Å². The molecule has 2 heterocycles. The van der Waals surface area contributed by atoms with Crippen molar-refractivity contribution < 1.29 is 63.1 Å². The van der Waals surface area contributed by atoms with E-state index in [2.05, 4.69) is 36.4 Å². The molecule has 0 unspecified atom stereocenters. The molecular weight excluding hydrogens is 579 g/mol. The molecule has 7 rings (SSSR count). The second-order valence-electron chi connectivity index (χ2n) is 10.5. The summed E-state index contributed by atoms with van der Waals surface area (Å²) < 4.78 is 32.7. The Kier molecular flexibility index (Phi) is 12.7. The van der Waals surface area contributed by atoms with Gasteiger partial charge in [0.2, 0.25) is 0 Å². The molecule has 5 aromatic rings. The average Bonchev–Trinajstić information content (AvgIpc) is 3.08. The first-order valence-electron chi connectivity index (χ1n) is 15.2. The Morgan fingerprint density at radius 3 is 1.44 bits per heavy atom. The summed E-state index contributed by atoms with van der Waals surface area (Å²) in [6.45, 7) is 6.11. The summed E-state index contributed by atoms with van der Waals surface area (Å²) in [4.78, 5) is 0. The van der Waals surface area contributed by atoms with Gasteiger partial charge in [0.15, 0.2) is 0 Å². The summed E-state index contributed by atoms with van der Waals surface area (Å²) in [5, 5.41) is 17.6. The maximum atomic E-state index is 13.2. The summed E-state index contributed by atoms with van der Waals surface area (Å²) in [5.74, 6) is 1.51. The number of fused-ring (bicyclic) bond motifs is 5. The normalized spacial score (nSPS) is 17.6. The number of rotatable bonds is 1. The summed E-state index contributed by atoms with van der Waals surface area (Å²) in [5.41, 5.74) is 2.91. The Balaban J connectivity index is 0.000000214. The molecule has 2 aliphatic heterocycles. The molecule has 0 bridgehead atoms. The van der Waals surface area contributed by atoms with Crippen molar-refractivity contribution in [2.45, 2.75) is 5.92 Å². The second kappa shape index (κ2) is 17.1. The minimum absolute atomic E-state index is 0. The van der Waals surface area contributed by atoms with Gasteiger partial charge in [0.05, 0.1) is 66.1 Å². The van der Waals surface area contributed by atoms with Crippen molar-refractivity contribution in [2.75, 3.05) is 66.1 Å².